The van der Waals surface area contributed by atoms with Crippen molar-refractivity contribution >= 4 is 17.2 Å². The summed E-state index contributed by atoms with van der Waals surface area (Å²) in [6.45, 7) is 12.9. The van der Waals surface area contributed by atoms with Gasteiger partial charge in [-0.3, -0.25) is 9.69 Å². The van der Waals surface area contributed by atoms with Crippen molar-refractivity contribution < 1.29 is 19.0 Å². The van der Waals surface area contributed by atoms with Crippen LogP contribution in [0.3, 0.4) is 0 Å². The predicted octanol–water partition coefficient (Wildman–Crippen LogP) is 3.05. The van der Waals surface area contributed by atoms with E-state index >= 15 is 0 Å². The zero-order chi connectivity index (χ0) is 23.3. The summed E-state index contributed by atoms with van der Waals surface area (Å²) in [5.41, 5.74) is 3.65. The number of allylic oxidation sites excluding steroid dienone is 1. The van der Waals surface area contributed by atoms with E-state index in [-0.39, 0.29) is 17.9 Å². The molecule has 176 valence electrons. The molecule has 3 rings (SSSR count). The Morgan fingerprint density at radius 2 is 1.91 bits per heavy atom. The molecule has 0 aromatic heterocycles. The van der Waals surface area contributed by atoms with Crippen LogP contribution in [0.2, 0.25) is 0 Å². The molecule has 0 unspecified atom stereocenters. The quantitative estimate of drug-likeness (QED) is 0.361. The molecule has 1 aliphatic heterocycles. The number of benzene rings is 1. The van der Waals surface area contributed by atoms with Gasteiger partial charge in [-0.25, -0.2) is 4.74 Å². The van der Waals surface area contributed by atoms with Crippen LogP contribution in [0.25, 0.3) is 5.57 Å². The second-order valence-corrected chi connectivity index (χ2v) is 8.79. The van der Waals surface area contributed by atoms with Gasteiger partial charge in [-0.05, 0) is 55.9 Å². The Kier molecular flexibility index (Phi) is 8.32. The normalized spacial score (nSPS) is 18.3. The number of nitrogens with one attached hydrogen (secondary N) is 1. The van der Waals surface area contributed by atoms with Crippen LogP contribution in [0, 0.1) is 11.1 Å². The molecule has 7 heteroatoms. The van der Waals surface area contributed by atoms with Crippen LogP contribution in [-0.2, 0) is 9.53 Å². The first-order valence-corrected chi connectivity index (χ1v) is 11.8. The topological polar surface area (TPSA) is 76.9 Å². The van der Waals surface area contributed by atoms with Gasteiger partial charge >= 0.3 is 0 Å². The van der Waals surface area contributed by atoms with Gasteiger partial charge in [-0.15, -0.1) is 0 Å². The van der Waals surface area contributed by atoms with E-state index in [0.717, 1.165) is 67.1 Å². The van der Waals surface area contributed by atoms with E-state index in [4.69, 9.17) is 9.47 Å². The van der Waals surface area contributed by atoms with Crippen molar-refractivity contribution in [3.8, 4) is 5.75 Å². The molecule has 1 aliphatic carbocycles. The lowest BCUT2D eigenvalue weighted by Crippen LogP contribution is -2.38. The Morgan fingerprint density at radius 3 is 2.50 bits per heavy atom. The molecule has 0 atom stereocenters. The van der Waals surface area contributed by atoms with E-state index in [1.54, 1.807) is 0 Å². The summed E-state index contributed by atoms with van der Waals surface area (Å²) in [6.07, 6.45) is 1.80. The summed E-state index contributed by atoms with van der Waals surface area (Å²) in [5.74, 6) is 0.726. The number of carbonyl (C=O) groups is 1. The Hall–Kier alpha value is -2.38. The van der Waals surface area contributed by atoms with Crippen LogP contribution in [-0.4, -0.2) is 73.8 Å². The summed E-state index contributed by atoms with van der Waals surface area (Å²) >= 11 is 0. The van der Waals surface area contributed by atoms with Crippen molar-refractivity contribution in [2.45, 2.75) is 46.6 Å². The van der Waals surface area contributed by atoms with Crippen LogP contribution in [0.1, 0.15) is 51.7 Å². The molecule has 1 saturated heterocycles. The maximum atomic E-state index is 13.2. The Labute approximate surface area is 191 Å². The van der Waals surface area contributed by atoms with Crippen molar-refractivity contribution in [2.75, 3.05) is 46.5 Å². The highest BCUT2D eigenvalue weighted by molar-refractivity contribution is 6.35. The van der Waals surface area contributed by atoms with Gasteiger partial charge in [0.05, 0.1) is 18.8 Å². The molecule has 1 heterocycles. The second kappa shape index (κ2) is 11.0. The molecule has 0 radical (unpaired) electrons. The molecule has 1 aromatic carbocycles. The second-order valence-electron chi connectivity index (χ2n) is 8.79. The van der Waals surface area contributed by atoms with E-state index in [1.165, 1.54) is 7.05 Å². The summed E-state index contributed by atoms with van der Waals surface area (Å²) in [4.78, 5) is 15.5. The molecule has 0 spiro atoms. The first-order chi connectivity index (χ1) is 15.4. The van der Waals surface area contributed by atoms with Crippen molar-refractivity contribution in [3.63, 3.8) is 0 Å². The lowest BCUT2D eigenvalue weighted by Gasteiger charge is -2.26. The highest BCUT2D eigenvalue weighted by Crippen LogP contribution is 2.42. The number of fused-ring (bicyclic) bond motifs is 1. The molecule has 32 heavy (non-hydrogen) atoms. The van der Waals surface area contributed by atoms with Gasteiger partial charge in [0.15, 0.2) is 0 Å². The zero-order valence-corrected chi connectivity index (χ0v) is 20.1. The summed E-state index contributed by atoms with van der Waals surface area (Å²) in [7, 11) is 1.46. The van der Waals surface area contributed by atoms with Gasteiger partial charge in [0.1, 0.15) is 25.0 Å². The largest absolute Gasteiger partial charge is 0.624 e. The van der Waals surface area contributed by atoms with Gasteiger partial charge in [-0.1, -0.05) is 19.9 Å². The standard InChI is InChI=1S/C25H37N3O4/c1-6-18(7-2)22-20-9-8-19(32-15-12-28-10-13-31-14-11-28)16-21(20)24(27(5)30)23(22)25(29)26-17(3)4/h8-9,16-18H,6-7,10-15H2,1-5H3,(H,26,29)/b27-24+. The van der Waals surface area contributed by atoms with E-state index in [1.807, 2.05) is 32.0 Å². The fourth-order valence-corrected chi connectivity index (χ4v) is 4.57. The highest BCUT2D eigenvalue weighted by atomic mass is 16.5. The van der Waals surface area contributed by atoms with Crippen LogP contribution in [0.5, 0.6) is 5.75 Å². The summed E-state index contributed by atoms with van der Waals surface area (Å²) < 4.78 is 12.2. The van der Waals surface area contributed by atoms with E-state index < -0.39 is 0 Å². The average Bonchev–Trinajstić information content (AvgIpc) is 3.10. The molecular weight excluding hydrogens is 406 g/mol. The molecule has 1 N–H and O–H groups in total. The number of rotatable bonds is 9. The third-order valence-electron chi connectivity index (χ3n) is 6.18. The number of hydrogen-bond donors (Lipinski definition) is 1. The van der Waals surface area contributed by atoms with Crippen molar-refractivity contribution in [1.29, 1.82) is 0 Å². The minimum Gasteiger partial charge on any atom is -0.624 e. The fourth-order valence-electron chi connectivity index (χ4n) is 4.57. The maximum absolute atomic E-state index is 13.2. The molecule has 0 saturated carbocycles. The third kappa shape index (κ3) is 5.33. The number of morpholine rings is 1. The lowest BCUT2D eigenvalue weighted by molar-refractivity contribution is -0.421. The van der Waals surface area contributed by atoms with Gasteiger partial charge in [0, 0.05) is 25.7 Å². The van der Waals surface area contributed by atoms with E-state index in [0.29, 0.717) is 23.6 Å². The molecule has 1 fully saturated rings. The van der Waals surface area contributed by atoms with Crippen LogP contribution < -0.4 is 10.1 Å². The monoisotopic (exact) mass is 443 g/mol. The Balaban J connectivity index is 1.92. The van der Waals surface area contributed by atoms with Gasteiger partial charge < -0.3 is 20.0 Å². The Bertz CT molecular complexity index is 877. The number of ether oxygens (including phenoxy) is 2. The number of nitrogens with zero attached hydrogens (tertiary/aromatic N) is 2. The minimum atomic E-state index is -0.189. The number of amides is 1. The third-order valence-corrected chi connectivity index (χ3v) is 6.18. The molecular formula is C25H37N3O4. The first-order valence-electron chi connectivity index (χ1n) is 11.8. The highest BCUT2D eigenvalue weighted by Gasteiger charge is 2.39. The van der Waals surface area contributed by atoms with Crippen molar-refractivity contribution in [3.05, 3.63) is 40.1 Å². The molecule has 0 bridgehead atoms. The number of hydroxylamine groups is 1. The van der Waals surface area contributed by atoms with E-state index in [2.05, 4.69) is 24.1 Å². The van der Waals surface area contributed by atoms with Gasteiger partial charge in [0.25, 0.3) is 5.91 Å². The van der Waals surface area contributed by atoms with Gasteiger partial charge in [-0.2, -0.15) is 0 Å². The first kappa shape index (κ1) is 24.3. The molecule has 1 amide bonds. The number of carbonyl (C=O) groups excluding carboxylic acids is 1. The predicted molar refractivity (Wildman–Crippen MR) is 127 cm³/mol. The maximum Gasteiger partial charge on any atom is 0.258 e. The van der Waals surface area contributed by atoms with Crippen molar-refractivity contribution in [1.82, 2.24) is 10.2 Å². The summed E-state index contributed by atoms with van der Waals surface area (Å²) in [6, 6.07) is 5.86. The van der Waals surface area contributed by atoms with Crippen LogP contribution in [0.15, 0.2) is 23.8 Å². The molecule has 7 nitrogen and oxygen atoms in total. The zero-order valence-electron chi connectivity index (χ0n) is 20.1. The van der Waals surface area contributed by atoms with Gasteiger partial charge in [0.2, 0.25) is 5.71 Å². The average molecular weight is 444 g/mol. The summed E-state index contributed by atoms with van der Waals surface area (Å²) in [5, 5.41) is 15.7. The van der Waals surface area contributed by atoms with E-state index in [9.17, 15) is 10.0 Å². The fraction of sp³-hybridized carbons (Fsp3) is 0.600. The van der Waals surface area contributed by atoms with Crippen LogP contribution in [0.4, 0.5) is 0 Å². The molecule has 1 aromatic rings. The smallest absolute Gasteiger partial charge is 0.258 e. The number of hydrogen-bond acceptors (Lipinski definition) is 5. The minimum absolute atomic E-state index is 0.0149. The van der Waals surface area contributed by atoms with Crippen LogP contribution >= 0.6 is 0 Å². The lowest BCUT2D eigenvalue weighted by atomic mass is 9.87. The SMILES string of the molecule is CCC(CC)C1=C(C(=O)NC(C)C)/C(=[N+](\C)[O-])c2cc(OCCN3CCOCC3)ccc21. The Morgan fingerprint density at radius 1 is 1.22 bits per heavy atom. The van der Waals surface area contributed by atoms with Crippen molar-refractivity contribution in [2.24, 2.45) is 5.92 Å². The molecule has 2 aliphatic rings.